The minimum absolute atomic E-state index is 0.0175. The fourth-order valence-corrected chi connectivity index (χ4v) is 2.40. The molecule has 6 heteroatoms. The van der Waals surface area contributed by atoms with Crippen molar-refractivity contribution in [2.45, 2.75) is 13.8 Å². The molecule has 0 saturated heterocycles. The molecule has 2 heterocycles. The molecule has 2 aromatic heterocycles. The molecule has 0 radical (unpaired) electrons. The summed E-state index contributed by atoms with van der Waals surface area (Å²) in [5.74, 6) is 0.448. The number of thiophene rings is 1. The van der Waals surface area contributed by atoms with Crippen LogP contribution in [0.1, 0.15) is 13.8 Å². The Morgan fingerprint density at radius 2 is 2.17 bits per heavy atom. The average Bonchev–Trinajstić information content (AvgIpc) is 2.86. The molecule has 0 N–H and O–H groups in total. The van der Waals surface area contributed by atoms with Crippen LogP contribution in [0.2, 0.25) is 0 Å². The van der Waals surface area contributed by atoms with Crippen LogP contribution in [0, 0.1) is 0 Å². The Kier molecular flexibility index (Phi) is 4.09. The number of nitrogens with zero attached hydrogens (tertiary/aromatic N) is 3. The van der Waals surface area contributed by atoms with Gasteiger partial charge in [0.15, 0.2) is 6.61 Å². The van der Waals surface area contributed by atoms with Crippen molar-refractivity contribution in [3.05, 3.63) is 17.8 Å². The summed E-state index contributed by atoms with van der Waals surface area (Å²) in [6.07, 6.45) is 1.45. The van der Waals surface area contributed by atoms with E-state index >= 15 is 0 Å². The average molecular weight is 265 g/mol. The Hall–Kier alpha value is -1.69. The van der Waals surface area contributed by atoms with Crippen LogP contribution in [0.15, 0.2) is 17.8 Å². The van der Waals surface area contributed by atoms with Crippen LogP contribution in [0.3, 0.4) is 0 Å². The SMILES string of the molecule is CCN(CC)C(=O)COc1ncnc2sccc12. The third-order valence-electron chi connectivity index (χ3n) is 2.67. The third kappa shape index (κ3) is 2.59. The molecule has 2 rings (SSSR count). The van der Waals surface area contributed by atoms with E-state index in [4.69, 9.17) is 4.74 Å². The van der Waals surface area contributed by atoms with Gasteiger partial charge in [0, 0.05) is 13.1 Å². The molecule has 5 nitrogen and oxygen atoms in total. The zero-order valence-corrected chi connectivity index (χ0v) is 11.2. The number of fused-ring (bicyclic) bond motifs is 1. The normalized spacial score (nSPS) is 10.6. The summed E-state index contributed by atoms with van der Waals surface area (Å²) in [6.45, 7) is 5.29. The molecular formula is C12H15N3O2S. The maximum absolute atomic E-state index is 11.8. The van der Waals surface area contributed by atoms with E-state index in [0.717, 1.165) is 10.2 Å². The number of hydrogen-bond acceptors (Lipinski definition) is 5. The molecule has 0 spiro atoms. The zero-order chi connectivity index (χ0) is 13.0. The standard InChI is InChI=1S/C12H15N3O2S/c1-3-15(4-2)10(16)7-17-11-9-5-6-18-12(9)14-8-13-11/h5-6,8H,3-4,7H2,1-2H3. The number of rotatable bonds is 5. The van der Waals surface area contributed by atoms with Crippen molar-refractivity contribution in [2.75, 3.05) is 19.7 Å². The monoisotopic (exact) mass is 265 g/mol. The van der Waals surface area contributed by atoms with Gasteiger partial charge in [0.1, 0.15) is 11.2 Å². The molecule has 0 aromatic carbocycles. The molecule has 0 atom stereocenters. The van der Waals surface area contributed by atoms with E-state index in [0.29, 0.717) is 19.0 Å². The van der Waals surface area contributed by atoms with Crippen molar-refractivity contribution in [1.29, 1.82) is 0 Å². The second kappa shape index (κ2) is 5.77. The number of amides is 1. The summed E-state index contributed by atoms with van der Waals surface area (Å²) in [4.78, 5) is 22.6. The smallest absolute Gasteiger partial charge is 0.260 e. The molecule has 0 aliphatic heterocycles. The van der Waals surface area contributed by atoms with Gasteiger partial charge < -0.3 is 9.64 Å². The van der Waals surface area contributed by atoms with Gasteiger partial charge in [0.25, 0.3) is 5.91 Å². The Balaban J connectivity index is 2.06. The summed E-state index contributed by atoms with van der Waals surface area (Å²) in [7, 11) is 0. The lowest BCUT2D eigenvalue weighted by molar-refractivity contribution is -0.133. The second-order valence-electron chi connectivity index (χ2n) is 3.67. The zero-order valence-electron chi connectivity index (χ0n) is 10.4. The summed E-state index contributed by atoms with van der Waals surface area (Å²) in [6, 6.07) is 1.90. The van der Waals surface area contributed by atoms with Gasteiger partial charge in [-0.15, -0.1) is 11.3 Å². The van der Waals surface area contributed by atoms with Gasteiger partial charge in [0.2, 0.25) is 5.88 Å². The quantitative estimate of drug-likeness (QED) is 0.829. The van der Waals surface area contributed by atoms with E-state index in [1.165, 1.54) is 17.7 Å². The maximum atomic E-state index is 11.8. The fourth-order valence-electron chi connectivity index (χ4n) is 1.68. The van der Waals surface area contributed by atoms with Crippen molar-refractivity contribution < 1.29 is 9.53 Å². The first-order valence-corrected chi connectivity index (χ1v) is 6.73. The van der Waals surface area contributed by atoms with Crippen LogP contribution in [0.5, 0.6) is 5.88 Å². The summed E-state index contributed by atoms with van der Waals surface area (Å²) >= 11 is 1.52. The van der Waals surface area contributed by atoms with Gasteiger partial charge in [-0.3, -0.25) is 4.79 Å². The minimum Gasteiger partial charge on any atom is -0.467 e. The van der Waals surface area contributed by atoms with Gasteiger partial charge in [-0.2, -0.15) is 0 Å². The molecular weight excluding hydrogens is 250 g/mol. The van der Waals surface area contributed by atoms with E-state index in [9.17, 15) is 4.79 Å². The Labute approximate surface area is 109 Å². The highest BCUT2D eigenvalue weighted by atomic mass is 32.1. The highest BCUT2D eigenvalue weighted by molar-refractivity contribution is 7.16. The Morgan fingerprint density at radius 1 is 1.39 bits per heavy atom. The topological polar surface area (TPSA) is 55.3 Å². The molecule has 18 heavy (non-hydrogen) atoms. The summed E-state index contributed by atoms with van der Waals surface area (Å²) < 4.78 is 5.49. The first-order valence-electron chi connectivity index (χ1n) is 5.85. The maximum Gasteiger partial charge on any atom is 0.260 e. The fraction of sp³-hybridized carbons (Fsp3) is 0.417. The minimum atomic E-state index is -0.0259. The molecule has 1 amide bonds. The van der Waals surface area contributed by atoms with Crippen molar-refractivity contribution in [2.24, 2.45) is 0 Å². The largest absolute Gasteiger partial charge is 0.467 e. The van der Waals surface area contributed by atoms with Crippen molar-refractivity contribution in [3.63, 3.8) is 0 Å². The van der Waals surface area contributed by atoms with Crippen LogP contribution in [-0.2, 0) is 4.79 Å². The van der Waals surface area contributed by atoms with Crippen molar-refractivity contribution >= 4 is 27.5 Å². The van der Waals surface area contributed by atoms with Crippen molar-refractivity contribution in [3.8, 4) is 5.88 Å². The first kappa shape index (κ1) is 12.8. The number of likely N-dealkylation sites (N-methyl/N-ethyl adjacent to an activating group) is 1. The predicted octanol–water partition coefficient (Wildman–Crippen LogP) is 1.94. The Bertz CT molecular complexity index is 537. The number of ether oxygens (including phenoxy) is 1. The molecule has 96 valence electrons. The van der Waals surface area contributed by atoms with Crippen LogP contribution in [0.4, 0.5) is 0 Å². The molecule has 0 saturated carbocycles. The molecule has 0 fully saturated rings. The van der Waals surface area contributed by atoms with E-state index in [-0.39, 0.29) is 12.5 Å². The number of aromatic nitrogens is 2. The van der Waals surface area contributed by atoms with Gasteiger partial charge in [-0.25, -0.2) is 9.97 Å². The summed E-state index contributed by atoms with van der Waals surface area (Å²) in [5.41, 5.74) is 0. The summed E-state index contributed by atoms with van der Waals surface area (Å²) in [5, 5.41) is 2.79. The Morgan fingerprint density at radius 3 is 2.89 bits per heavy atom. The molecule has 0 aliphatic rings. The number of hydrogen-bond donors (Lipinski definition) is 0. The van der Waals surface area contributed by atoms with Gasteiger partial charge in [-0.05, 0) is 25.3 Å². The highest BCUT2D eigenvalue weighted by Crippen LogP contribution is 2.25. The van der Waals surface area contributed by atoms with E-state index in [2.05, 4.69) is 9.97 Å². The van der Waals surface area contributed by atoms with Gasteiger partial charge in [-0.1, -0.05) is 0 Å². The lowest BCUT2D eigenvalue weighted by atomic mass is 10.4. The highest BCUT2D eigenvalue weighted by Gasteiger charge is 2.12. The molecule has 0 unspecified atom stereocenters. The van der Waals surface area contributed by atoms with Crippen LogP contribution >= 0.6 is 11.3 Å². The first-order chi connectivity index (χ1) is 8.76. The molecule has 0 bridgehead atoms. The lowest BCUT2D eigenvalue weighted by Crippen LogP contribution is -2.34. The van der Waals surface area contributed by atoms with E-state index < -0.39 is 0 Å². The molecule has 2 aromatic rings. The number of carbonyl (C=O) groups excluding carboxylic acids is 1. The van der Waals surface area contributed by atoms with Crippen LogP contribution in [-0.4, -0.2) is 40.5 Å². The van der Waals surface area contributed by atoms with E-state index in [1.807, 2.05) is 25.3 Å². The lowest BCUT2D eigenvalue weighted by Gasteiger charge is -2.18. The predicted molar refractivity (Wildman–Crippen MR) is 70.8 cm³/mol. The second-order valence-corrected chi connectivity index (χ2v) is 4.57. The van der Waals surface area contributed by atoms with Crippen LogP contribution in [0.25, 0.3) is 10.2 Å². The van der Waals surface area contributed by atoms with Gasteiger partial charge in [0.05, 0.1) is 5.39 Å². The molecule has 0 aliphatic carbocycles. The van der Waals surface area contributed by atoms with Crippen LogP contribution < -0.4 is 4.74 Å². The number of carbonyl (C=O) groups is 1. The third-order valence-corrected chi connectivity index (χ3v) is 3.49. The van der Waals surface area contributed by atoms with E-state index in [1.54, 1.807) is 4.90 Å². The van der Waals surface area contributed by atoms with Crippen molar-refractivity contribution in [1.82, 2.24) is 14.9 Å². The van der Waals surface area contributed by atoms with Gasteiger partial charge >= 0.3 is 0 Å².